The third kappa shape index (κ3) is 11.2. The van der Waals surface area contributed by atoms with E-state index in [2.05, 4.69) is 19.5 Å². The predicted molar refractivity (Wildman–Crippen MR) is 51.0 cm³/mol. The Labute approximate surface area is 81.1 Å². The molecule has 0 atom stereocenters. The molecule has 76 valence electrons. The zero-order valence-corrected chi connectivity index (χ0v) is 8.54. The van der Waals surface area contributed by atoms with Crippen molar-refractivity contribution in [2.45, 2.75) is 19.3 Å². The van der Waals surface area contributed by atoms with Crippen LogP contribution in [0, 0.1) is 5.15 Å². The smallest absolute Gasteiger partial charge is 0.220 e. The van der Waals surface area contributed by atoms with Gasteiger partial charge in [0, 0.05) is 32.9 Å². The maximum absolute atomic E-state index is 10.7. The third-order valence-electron chi connectivity index (χ3n) is 1.30. The van der Waals surface area contributed by atoms with Gasteiger partial charge in [0.15, 0.2) is 1.41 Å². The molecule has 0 saturated heterocycles. The van der Waals surface area contributed by atoms with E-state index in [1.165, 1.54) is 7.05 Å². The Bertz CT molecular complexity index is 190. The number of amides is 1. The van der Waals surface area contributed by atoms with E-state index < -0.39 is 0 Å². The van der Waals surface area contributed by atoms with Crippen molar-refractivity contribution >= 4 is 20.7 Å². The highest BCUT2D eigenvalue weighted by atomic mass is 31.0. The highest BCUT2D eigenvalue weighted by molar-refractivity contribution is 7.02. The van der Waals surface area contributed by atoms with Crippen LogP contribution < -0.4 is 5.32 Å². The molecule has 5 nitrogen and oxygen atoms in total. The molecule has 0 aliphatic rings. The molecule has 0 aliphatic carbocycles. The van der Waals surface area contributed by atoms with Crippen LogP contribution in [0.5, 0.6) is 0 Å². The molecule has 0 aromatic heterocycles. The predicted octanol–water partition coefficient (Wildman–Crippen LogP) is 0.356. The number of nitrogens with one attached hydrogen (secondary N) is 2. The van der Waals surface area contributed by atoms with Crippen molar-refractivity contribution in [2.24, 2.45) is 0 Å². The number of carbonyl (C=O) groups excluding carboxylic acids is 2. The maximum atomic E-state index is 10.7. The largest absolute Gasteiger partial charge is 0.396 e. The van der Waals surface area contributed by atoms with Gasteiger partial charge in [0.2, 0.25) is 5.91 Å². The summed E-state index contributed by atoms with van der Waals surface area (Å²) in [6, 6.07) is 0. The van der Waals surface area contributed by atoms with Crippen LogP contribution in [-0.4, -0.2) is 30.5 Å². The van der Waals surface area contributed by atoms with Gasteiger partial charge >= 0.3 is 0 Å². The first kappa shape index (κ1) is 12.2. The summed E-state index contributed by atoms with van der Waals surface area (Å²) in [4.78, 5) is 21.3. The molecular weight excluding hydrogens is 191 g/mol. The van der Waals surface area contributed by atoms with Crippen LogP contribution in [0.1, 0.15) is 19.3 Å². The molecule has 0 aromatic carbocycles. The summed E-state index contributed by atoms with van der Waals surface area (Å²) in [6.07, 6.45) is 0.590. The quantitative estimate of drug-likeness (QED) is 0.568. The van der Waals surface area contributed by atoms with Gasteiger partial charge < -0.3 is 10.4 Å². The summed E-state index contributed by atoms with van der Waals surface area (Å²) in [6.45, 7) is -0.132. The van der Waals surface area contributed by atoms with Crippen molar-refractivity contribution in [3.8, 4) is 0 Å². The Kier molecular flexibility index (Phi) is 10.5. The minimum atomic E-state index is -0.142. The maximum Gasteiger partial charge on any atom is 0.220 e. The van der Waals surface area contributed by atoms with Gasteiger partial charge in [-0.1, -0.05) is 0 Å². The summed E-state index contributed by atoms with van der Waals surface area (Å²) >= 11 is 0. The van der Waals surface area contributed by atoms with E-state index in [9.17, 15) is 9.59 Å². The third-order valence-corrected chi connectivity index (χ3v) is 1.30. The summed E-state index contributed by atoms with van der Waals surface area (Å²) < 4.78 is 5.75. The Morgan fingerprint density at radius 3 is 2.46 bits per heavy atom. The molecule has 13 heavy (non-hydrogen) atoms. The molecule has 0 bridgehead atoms. The fourth-order valence-corrected chi connectivity index (χ4v) is 0.628. The average molecular weight is 207 g/mol. The minimum Gasteiger partial charge on any atom is -0.396 e. The molecule has 0 aromatic rings. The lowest BCUT2D eigenvalue weighted by atomic mass is 10.2. The number of aliphatic hydroxyl groups excluding tert-OH is 1. The van der Waals surface area contributed by atoms with Crippen LogP contribution in [0.3, 0.4) is 0 Å². The number of carbonyl (C=O) groups is 2. The van der Waals surface area contributed by atoms with E-state index >= 15 is 0 Å². The molecule has 3 N–H and O–H groups in total. The first-order valence-corrected chi connectivity index (χ1v) is 4.21. The number of aliphatic hydroxyl groups is 1. The van der Waals surface area contributed by atoms with Crippen LogP contribution in [-0.2, 0) is 9.59 Å². The van der Waals surface area contributed by atoms with Gasteiger partial charge in [-0.3, -0.25) is 14.7 Å². The lowest BCUT2D eigenvalue weighted by Crippen LogP contribution is -2.18. The van der Waals surface area contributed by atoms with Crippen LogP contribution in [0.4, 0.5) is 0 Å². The molecule has 0 aliphatic heterocycles. The van der Waals surface area contributed by atoms with Gasteiger partial charge in [0.05, 0.1) is 0 Å². The summed E-state index contributed by atoms with van der Waals surface area (Å²) in [5.74, 6) is -0.215. The fourth-order valence-electron chi connectivity index (χ4n) is 0.628. The average Bonchev–Trinajstić information content (AvgIpc) is 2.16. The van der Waals surface area contributed by atoms with Gasteiger partial charge in [-0.05, 0) is 9.03 Å². The van der Waals surface area contributed by atoms with E-state index in [1.54, 1.807) is 0 Å². The molecule has 0 unspecified atom stereocenters. The van der Waals surface area contributed by atoms with Crippen molar-refractivity contribution in [2.75, 3.05) is 13.7 Å². The standard InChI is InChI=1S/C7H13NO3.H2NP/c1-8-7(11)3-2-6(10)4-5-9;1-2/h9H,2-5H2,1H3,(H,8,11);1-2H/i/hD. The van der Waals surface area contributed by atoms with Gasteiger partial charge in [0.25, 0.3) is 0 Å². The molecule has 0 radical (unpaired) electrons. The van der Waals surface area contributed by atoms with Crippen LogP contribution >= 0.6 is 9.03 Å². The van der Waals surface area contributed by atoms with Crippen LogP contribution in [0.25, 0.3) is 0 Å². The summed E-state index contributed by atoms with van der Waals surface area (Å²) in [5.41, 5.74) is 0. The number of hydrogen-bond donors (Lipinski definition) is 3. The first-order valence-electron chi connectivity index (χ1n) is 4.21. The van der Waals surface area contributed by atoms with Gasteiger partial charge in [0.1, 0.15) is 5.78 Å². The van der Waals surface area contributed by atoms with Gasteiger partial charge in [-0.25, -0.2) is 0 Å². The first-order chi connectivity index (χ1) is 6.62. The molecular formula is C7H15N2O3P. The topological polar surface area (TPSA) is 90.2 Å². The Morgan fingerprint density at radius 1 is 1.54 bits per heavy atom. The second kappa shape index (κ2) is 11.2. The normalized spacial score (nSPS) is 8.92. The highest BCUT2D eigenvalue weighted by Gasteiger charge is 2.03. The lowest BCUT2D eigenvalue weighted by molar-refractivity contribution is -0.125. The van der Waals surface area contributed by atoms with Crippen LogP contribution in [0.2, 0.25) is 1.41 Å². The molecule has 0 fully saturated rings. The van der Waals surface area contributed by atoms with E-state index in [1.807, 2.05) is 0 Å². The molecule has 0 saturated carbocycles. The highest BCUT2D eigenvalue weighted by Crippen LogP contribution is 1.93. The number of hydrogen-bond acceptors (Lipinski definition) is 4. The molecule has 0 rings (SSSR count). The van der Waals surface area contributed by atoms with E-state index in [0.29, 0.717) is 0 Å². The van der Waals surface area contributed by atoms with Crippen LogP contribution in [0.15, 0.2) is 0 Å². The molecule has 6 heteroatoms. The van der Waals surface area contributed by atoms with E-state index in [4.69, 9.17) is 6.52 Å². The SMILES string of the molecule is CNC(=O)CCC(=O)CCO.[2H]N=P. The number of ketones is 1. The summed E-state index contributed by atoms with van der Waals surface area (Å²) in [5, 5.41) is 13.3. The zero-order valence-electron chi connectivity index (χ0n) is 8.54. The Morgan fingerprint density at radius 2 is 2.08 bits per heavy atom. The lowest BCUT2D eigenvalue weighted by Gasteiger charge is -1.97. The van der Waals surface area contributed by atoms with Crippen molar-refractivity contribution in [3.63, 3.8) is 0 Å². The minimum absolute atomic E-state index is 0.0731. The summed E-state index contributed by atoms with van der Waals surface area (Å²) in [7, 11) is 4.00. The van der Waals surface area contributed by atoms with Crippen molar-refractivity contribution in [1.29, 1.82) is 5.15 Å². The Balaban J connectivity index is 0. The second-order valence-corrected chi connectivity index (χ2v) is 2.19. The van der Waals surface area contributed by atoms with Crippen molar-refractivity contribution < 1.29 is 16.1 Å². The monoisotopic (exact) mass is 207 g/mol. The van der Waals surface area contributed by atoms with Crippen molar-refractivity contribution in [1.82, 2.24) is 5.32 Å². The fraction of sp³-hybridized carbons (Fsp3) is 0.714. The second-order valence-electron chi connectivity index (χ2n) is 2.19. The van der Waals surface area contributed by atoms with E-state index in [-0.39, 0.29) is 37.6 Å². The van der Waals surface area contributed by atoms with E-state index in [0.717, 1.165) is 0 Å². The number of rotatable bonds is 5. The van der Waals surface area contributed by atoms with Gasteiger partial charge in [-0.2, -0.15) is 0 Å². The number of Topliss-reactive ketones (excluding diaryl/α,β-unsaturated/α-hetero) is 1. The molecule has 0 spiro atoms. The Hall–Kier alpha value is -0.800. The molecule has 0 heterocycles. The van der Waals surface area contributed by atoms with Crippen molar-refractivity contribution in [3.05, 3.63) is 0 Å². The van der Waals surface area contributed by atoms with Gasteiger partial charge in [-0.15, -0.1) is 0 Å². The zero-order chi connectivity index (χ0) is 11.4. The molecule has 1 amide bonds.